The van der Waals surface area contributed by atoms with Crippen molar-refractivity contribution in [2.75, 3.05) is 0 Å². The summed E-state index contributed by atoms with van der Waals surface area (Å²) in [6, 6.07) is 5.22. The molecule has 1 rings (SSSR count). The number of phenolic OH excluding ortho intramolecular Hbond substituents is 1. The third kappa shape index (κ3) is 7.84. The van der Waals surface area contributed by atoms with E-state index in [9.17, 15) is 10.1 Å². The van der Waals surface area contributed by atoms with Crippen LogP contribution in [0.3, 0.4) is 0 Å². The lowest BCUT2D eigenvalue weighted by Gasteiger charge is -1.96. The maximum atomic E-state index is 9.77. The molecule has 8 heteroatoms. The molecule has 0 bridgehead atoms. The lowest BCUT2D eigenvalue weighted by molar-refractivity contribution is -0.711. The highest BCUT2D eigenvalue weighted by Gasteiger charge is 1.97. The minimum Gasteiger partial charge on any atom is -0.508 e. The number of nitrogens with two attached hydrogens (primary N) is 2. The summed E-state index contributed by atoms with van der Waals surface area (Å²) in [6.07, 6.45) is 0. The standard InChI is InChI=1S/C6H5NO4.CH5N3/c8-5-1-3-6(4-2-5)11-7(9)10;2-1(3)4/h1-4,8H;(H5,2,3,4). The molecule has 0 unspecified atom stereocenters. The number of nitrogens with one attached hydrogen (secondary N) is 1. The van der Waals surface area contributed by atoms with Gasteiger partial charge in [-0.05, 0) is 24.3 Å². The highest BCUT2D eigenvalue weighted by atomic mass is 17.0. The largest absolute Gasteiger partial charge is 0.508 e. The Morgan fingerprint density at radius 2 is 1.80 bits per heavy atom. The zero-order valence-corrected chi connectivity index (χ0v) is 7.58. The van der Waals surface area contributed by atoms with Crippen LogP contribution in [0.1, 0.15) is 0 Å². The average molecular weight is 214 g/mol. The van der Waals surface area contributed by atoms with Gasteiger partial charge in [0.25, 0.3) is 5.09 Å². The van der Waals surface area contributed by atoms with Crippen molar-refractivity contribution >= 4 is 5.96 Å². The molecule has 82 valence electrons. The summed E-state index contributed by atoms with van der Waals surface area (Å²) >= 11 is 0. The zero-order valence-electron chi connectivity index (χ0n) is 7.58. The molecular weight excluding hydrogens is 204 g/mol. The summed E-state index contributed by atoms with van der Waals surface area (Å²) < 4.78 is 0. The average Bonchev–Trinajstić information content (AvgIpc) is 2.07. The minimum absolute atomic E-state index is 0.0423. The maximum Gasteiger partial charge on any atom is 0.299 e. The van der Waals surface area contributed by atoms with Crippen molar-refractivity contribution in [3.63, 3.8) is 0 Å². The second-order valence-corrected chi connectivity index (χ2v) is 2.26. The van der Waals surface area contributed by atoms with Crippen LogP contribution >= 0.6 is 0 Å². The van der Waals surface area contributed by atoms with E-state index in [1.165, 1.54) is 24.3 Å². The summed E-state index contributed by atoms with van der Waals surface area (Å²) in [5.41, 5.74) is 8.94. The number of hydrogen-bond donors (Lipinski definition) is 4. The van der Waals surface area contributed by atoms with Crippen LogP contribution in [0.5, 0.6) is 11.5 Å². The molecule has 0 saturated carbocycles. The number of hydrogen-bond acceptors (Lipinski definition) is 5. The van der Waals surface area contributed by atoms with Crippen molar-refractivity contribution in [1.29, 1.82) is 5.41 Å². The highest BCUT2D eigenvalue weighted by molar-refractivity contribution is 5.71. The first-order valence-electron chi connectivity index (χ1n) is 3.62. The smallest absolute Gasteiger partial charge is 0.299 e. The number of phenols is 1. The molecule has 0 aliphatic rings. The molecule has 0 fully saturated rings. The summed E-state index contributed by atoms with van der Waals surface area (Å²) in [6.45, 7) is 0. The van der Waals surface area contributed by atoms with E-state index in [4.69, 9.17) is 10.5 Å². The number of nitrogens with zero attached hydrogens (tertiary/aromatic N) is 1. The molecule has 0 atom stereocenters. The van der Waals surface area contributed by atoms with E-state index in [0.29, 0.717) is 0 Å². The van der Waals surface area contributed by atoms with Crippen LogP contribution in [0, 0.1) is 15.5 Å². The molecule has 0 heterocycles. The lowest BCUT2D eigenvalue weighted by atomic mass is 10.3. The van der Waals surface area contributed by atoms with Crippen molar-refractivity contribution < 1.29 is 15.0 Å². The first-order chi connectivity index (χ1) is 6.91. The Bertz CT molecular complexity index is 333. The number of guanidine groups is 1. The van der Waals surface area contributed by atoms with Crippen LogP contribution < -0.4 is 16.3 Å². The molecule has 15 heavy (non-hydrogen) atoms. The first kappa shape index (κ1) is 12.5. The Labute approximate surface area is 84.7 Å². The fourth-order valence-corrected chi connectivity index (χ4v) is 0.593. The number of benzene rings is 1. The topological polar surface area (TPSA) is 148 Å². The van der Waals surface area contributed by atoms with Gasteiger partial charge in [0.2, 0.25) is 0 Å². The fourth-order valence-electron chi connectivity index (χ4n) is 0.593. The van der Waals surface area contributed by atoms with Gasteiger partial charge in [-0.2, -0.15) is 0 Å². The third-order valence-electron chi connectivity index (χ3n) is 1.02. The Morgan fingerprint density at radius 1 is 1.40 bits per heavy atom. The van der Waals surface area contributed by atoms with Crippen molar-refractivity contribution in [2.24, 2.45) is 11.5 Å². The van der Waals surface area contributed by atoms with E-state index >= 15 is 0 Å². The van der Waals surface area contributed by atoms with Crippen LogP contribution in [-0.4, -0.2) is 16.2 Å². The van der Waals surface area contributed by atoms with Gasteiger partial charge < -0.3 is 16.6 Å². The quantitative estimate of drug-likeness (QED) is 0.232. The van der Waals surface area contributed by atoms with Gasteiger partial charge in [-0.25, -0.2) is 0 Å². The second-order valence-electron chi connectivity index (χ2n) is 2.26. The monoisotopic (exact) mass is 214 g/mol. The van der Waals surface area contributed by atoms with Gasteiger partial charge in [-0.15, -0.1) is 10.1 Å². The molecule has 1 aromatic carbocycles. The van der Waals surface area contributed by atoms with Crippen molar-refractivity contribution in [1.82, 2.24) is 0 Å². The van der Waals surface area contributed by atoms with E-state index in [2.05, 4.69) is 16.3 Å². The molecule has 0 radical (unpaired) electrons. The van der Waals surface area contributed by atoms with Gasteiger partial charge in [0.15, 0.2) is 5.96 Å². The number of aromatic hydroxyl groups is 1. The summed E-state index contributed by atoms with van der Waals surface area (Å²) in [5.74, 6) is -0.200. The van der Waals surface area contributed by atoms with Crippen LogP contribution in [0.4, 0.5) is 0 Å². The fraction of sp³-hybridized carbons (Fsp3) is 0. The summed E-state index contributed by atoms with van der Waals surface area (Å²) in [4.78, 5) is 13.9. The Kier molecular flexibility index (Phi) is 5.01. The van der Waals surface area contributed by atoms with Gasteiger partial charge in [0, 0.05) is 0 Å². The van der Waals surface area contributed by atoms with E-state index in [1.54, 1.807) is 0 Å². The van der Waals surface area contributed by atoms with Crippen molar-refractivity contribution in [2.45, 2.75) is 0 Å². The number of rotatable bonds is 2. The molecule has 0 saturated heterocycles. The normalized spacial score (nSPS) is 8.27. The summed E-state index contributed by atoms with van der Waals surface area (Å²) in [7, 11) is 0. The van der Waals surface area contributed by atoms with Crippen LogP contribution in [0.15, 0.2) is 24.3 Å². The Morgan fingerprint density at radius 3 is 2.13 bits per heavy atom. The molecule has 0 spiro atoms. The lowest BCUT2D eigenvalue weighted by Crippen LogP contribution is -2.20. The van der Waals surface area contributed by atoms with E-state index in [-0.39, 0.29) is 17.5 Å². The zero-order chi connectivity index (χ0) is 11.8. The molecule has 8 nitrogen and oxygen atoms in total. The van der Waals surface area contributed by atoms with Crippen LogP contribution in [-0.2, 0) is 0 Å². The van der Waals surface area contributed by atoms with Gasteiger partial charge >= 0.3 is 0 Å². The Hall–Kier alpha value is -2.51. The van der Waals surface area contributed by atoms with E-state index < -0.39 is 5.09 Å². The molecule has 0 aliphatic heterocycles. The molecule has 0 aromatic heterocycles. The Balaban J connectivity index is 0.000000423. The van der Waals surface area contributed by atoms with Gasteiger partial charge in [-0.3, -0.25) is 10.2 Å². The second kappa shape index (κ2) is 6.02. The molecular formula is C7H10N4O4. The van der Waals surface area contributed by atoms with Gasteiger partial charge in [-0.1, -0.05) is 0 Å². The molecule has 0 amide bonds. The van der Waals surface area contributed by atoms with Gasteiger partial charge in [0.05, 0.1) is 0 Å². The highest BCUT2D eigenvalue weighted by Crippen LogP contribution is 2.15. The predicted molar refractivity (Wildman–Crippen MR) is 51.8 cm³/mol. The van der Waals surface area contributed by atoms with Crippen LogP contribution in [0.25, 0.3) is 0 Å². The van der Waals surface area contributed by atoms with E-state index in [0.717, 1.165) is 0 Å². The summed E-state index contributed by atoms with van der Waals surface area (Å²) in [5, 5.41) is 23.7. The first-order valence-corrected chi connectivity index (χ1v) is 3.62. The molecule has 0 aliphatic carbocycles. The molecule has 1 aromatic rings. The van der Waals surface area contributed by atoms with Crippen molar-refractivity contribution in [3.05, 3.63) is 34.4 Å². The van der Waals surface area contributed by atoms with E-state index in [1.807, 2.05) is 0 Å². The SMILES string of the molecule is N=C(N)N.O=[N+]([O-])Oc1ccc(O)cc1. The van der Waals surface area contributed by atoms with Crippen LogP contribution in [0.2, 0.25) is 0 Å². The van der Waals surface area contributed by atoms with Crippen molar-refractivity contribution in [3.8, 4) is 11.5 Å². The molecule has 6 N–H and O–H groups in total. The van der Waals surface area contributed by atoms with Gasteiger partial charge in [0.1, 0.15) is 11.5 Å². The maximum absolute atomic E-state index is 9.77. The predicted octanol–water partition coefficient (Wildman–Crippen LogP) is -0.199. The minimum atomic E-state index is -0.910. The third-order valence-corrected chi connectivity index (χ3v) is 1.02.